The topological polar surface area (TPSA) is 73.8 Å². The average molecular weight is 375 g/mol. The van der Waals surface area contributed by atoms with Crippen molar-refractivity contribution in [1.29, 1.82) is 0 Å². The van der Waals surface area contributed by atoms with Crippen molar-refractivity contribution in [3.63, 3.8) is 0 Å². The van der Waals surface area contributed by atoms with Crippen molar-refractivity contribution in [2.75, 3.05) is 0 Å². The van der Waals surface area contributed by atoms with E-state index in [0.29, 0.717) is 6.42 Å². The number of nitrogens with zero attached hydrogens (tertiary/aromatic N) is 7. The lowest BCUT2D eigenvalue weighted by molar-refractivity contribution is 0.653. The van der Waals surface area contributed by atoms with E-state index in [2.05, 4.69) is 45.4 Å². The van der Waals surface area contributed by atoms with Gasteiger partial charge in [-0.2, -0.15) is 14.7 Å². The monoisotopic (exact) mass is 375 g/mol. The predicted octanol–water partition coefficient (Wildman–Crippen LogP) is 3.52. The molecule has 0 fully saturated rings. The van der Waals surface area contributed by atoms with E-state index in [-0.39, 0.29) is 0 Å². The Morgan fingerprint density at radius 1 is 1.11 bits per heavy atom. The Hall–Kier alpha value is -3.13. The summed E-state index contributed by atoms with van der Waals surface area (Å²) in [5.74, 6) is 0.830. The van der Waals surface area contributed by atoms with Gasteiger partial charge in [-0.1, -0.05) is 23.5 Å². The maximum absolute atomic E-state index is 4.75. The van der Waals surface area contributed by atoms with E-state index in [1.54, 1.807) is 0 Å². The molecule has 5 aromatic rings. The third kappa shape index (κ3) is 2.78. The molecule has 1 aromatic carbocycles. The first-order chi connectivity index (χ1) is 13.2. The van der Waals surface area contributed by atoms with Gasteiger partial charge in [-0.3, -0.25) is 9.67 Å². The standard InChI is InChI=1S/C19H17N7S/c1-3-25-11-15(12(2)23-25)18-24-26-17(21-22-19(26)27-18)10-13-6-7-16-14(9-13)5-4-8-20-16/h4-9,11H,3,10H2,1-2H3. The van der Waals surface area contributed by atoms with Crippen LogP contribution in [0.15, 0.2) is 42.7 Å². The van der Waals surface area contributed by atoms with Crippen LogP contribution in [0.25, 0.3) is 26.4 Å². The first-order valence-electron chi connectivity index (χ1n) is 8.80. The molecule has 0 amide bonds. The Kier molecular flexibility index (Phi) is 3.71. The van der Waals surface area contributed by atoms with Crippen molar-refractivity contribution in [3.05, 3.63) is 59.8 Å². The van der Waals surface area contributed by atoms with Gasteiger partial charge in [-0.15, -0.1) is 10.2 Å². The Morgan fingerprint density at radius 3 is 2.89 bits per heavy atom. The van der Waals surface area contributed by atoms with Gasteiger partial charge < -0.3 is 0 Å². The summed E-state index contributed by atoms with van der Waals surface area (Å²) in [6, 6.07) is 10.3. The van der Waals surface area contributed by atoms with Crippen LogP contribution >= 0.6 is 11.3 Å². The fourth-order valence-electron chi connectivity index (χ4n) is 3.18. The van der Waals surface area contributed by atoms with Gasteiger partial charge in [-0.05, 0) is 37.6 Å². The summed E-state index contributed by atoms with van der Waals surface area (Å²) in [4.78, 5) is 5.17. The fourth-order valence-corrected chi connectivity index (χ4v) is 4.10. The molecule has 0 N–H and O–H groups in total. The SMILES string of the molecule is CCn1cc(-c2nn3c(Cc4ccc5ncccc5c4)nnc3s2)c(C)n1. The lowest BCUT2D eigenvalue weighted by atomic mass is 10.1. The second-order valence-electron chi connectivity index (χ2n) is 6.41. The highest BCUT2D eigenvalue weighted by Gasteiger charge is 2.16. The summed E-state index contributed by atoms with van der Waals surface area (Å²) in [5.41, 5.74) is 4.18. The van der Waals surface area contributed by atoms with Gasteiger partial charge >= 0.3 is 0 Å². The van der Waals surface area contributed by atoms with Crippen LogP contribution in [0.2, 0.25) is 0 Å². The van der Waals surface area contributed by atoms with Gasteiger partial charge in [0.05, 0.1) is 16.8 Å². The first kappa shape index (κ1) is 16.1. The van der Waals surface area contributed by atoms with Crippen LogP contribution in [0.4, 0.5) is 0 Å². The molecule has 0 spiro atoms. The molecule has 0 atom stereocenters. The van der Waals surface area contributed by atoms with Crippen LogP contribution in [0.5, 0.6) is 0 Å². The van der Waals surface area contributed by atoms with E-state index in [0.717, 1.165) is 50.1 Å². The zero-order valence-corrected chi connectivity index (χ0v) is 15.8. The van der Waals surface area contributed by atoms with Gasteiger partial charge in [0.25, 0.3) is 0 Å². The molecule has 0 aliphatic carbocycles. The summed E-state index contributed by atoms with van der Waals surface area (Å²) < 4.78 is 3.77. The highest BCUT2D eigenvalue weighted by molar-refractivity contribution is 7.19. The van der Waals surface area contributed by atoms with E-state index in [9.17, 15) is 0 Å². The molecule has 0 aliphatic rings. The Labute approximate surface area is 159 Å². The van der Waals surface area contributed by atoms with Crippen LogP contribution in [-0.4, -0.2) is 34.6 Å². The summed E-state index contributed by atoms with van der Waals surface area (Å²) >= 11 is 1.54. The van der Waals surface area contributed by atoms with Crippen molar-refractivity contribution >= 4 is 27.2 Å². The molecule has 0 saturated carbocycles. The molecule has 134 valence electrons. The van der Waals surface area contributed by atoms with E-state index in [1.165, 1.54) is 11.3 Å². The van der Waals surface area contributed by atoms with Gasteiger partial charge in [0.2, 0.25) is 4.96 Å². The van der Waals surface area contributed by atoms with Crippen LogP contribution in [0.1, 0.15) is 24.0 Å². The molecule has 8 heteroatoms. The van der Waals surface area contributed by atoms with E-state index < -0.39 is 0 Å². The first-order valence-corrected chi connectivity index (χ1v) is 9.62. The number of hydrogen-bond donors (Lipinski definition) is 0. The molecule has 0 bridgehead atoms. The van der Waals surface area contributed by atoms with Crippen LogP contribution in [0.3, 0.4) is 0 Å². The summed E-state index contributed by atoms with van der Waals surface area (Å²) in [7, 11) is 0. The Balaban J connectivity index is 1.51. The normalized spacial score (nSPS) is 11.6. The number of aryl methyl sites for hydroxylation is 2. The maximum atomic E-state index is 4.75. The van der Waals surface area contributed by atoms with Crippen molar-refractivity contribution in [2.24, 2.45) is 0 Å². The smallest absolute Gasteiger partial charge is 0.234 e. The van der Waals surface area contributed by atoms with Crippen LogP contribution in [0, 0.1) is 6.92 Å². The average Bonchev–Trinajstić information content (AvgIpc) is 3.36. The van der Waals surface area contributed by atoms with Gasteiger partial charge in [0.15, 0.2) is 10.8 Å². The maximum Gasteiger partial charge on any atom is 0.234 e. The quantitative estimate of drug-likeness (QED) is 0.480. The number of hydrogen-bond acceptors (Lipinski definition) is 6. The summed E-state index contributed by atoms with van der Waals surface area (Å²) in [6.45, 7) is 4.92. The number of benzene rings is 1. The minimum atomic E-state index is 0.669. The lowest BCUT2D eigenvalue weighted by Gasteiger charge is -2.01. The minimum Gasteiger partial charge on any atom is -0.272 e. The second-order valence-corrected chi connectivity index (χ2v) is 7.36. The lowest BCUT2D eigenvalue weighted by Crippen LogP contribution is -1.98. The summed E-state index contributed by atoms with van der Waals surface area (Å²) in [5, 5.41) is 19.9. The number of aromatic nitrogens is 7. The molecular formula is C19H17N7S. The molecule has 5 rings (SSSR count). The number of fused-ring (bicyclic) bond motifs is 2. The molecular weight excluding hydrogens is 358 g/mol. The molecule has 27 heavy (non-hydrogen) atoms. The van der Waals surface area contributed by atoms with Gasteiger partial charge in [-0.25, -0.2) is 0 Å². The zero-order valence-electron chi connectivity index (χ0n) is 15.0. The van der Waals surface area contributed by atoms with Crippen LogP contribution in [-0.2, 0) is 13.0 Å². The minimum absolute atomic E-state index is 0.669. The molecule has 0 aliphatic heterocycles. The van der Waals surface area contributed by atoms with Crippen molar-refractivity contribution < 1.29 is 0 Å². The molecule has 4 aromatic heterocycles. The predicted molar refractivity (Wildman–Crippen MR) is 105 cm³/mol. The van der Waals surface area contributed by atoms with Crippen LogP contribution < -0.4 is 0 Å². The number of pyridine rings is 1. The molecule has 7 nitrogen and oxygen atoms in total. The van der Waals surface area contributed by atoms with E-state index in [4.69, 9.17) is 5.10 Å². The second kappa shape index (κ2) is 6.24. The molecule has 4 heterocycles. The Bertz CT molecular complexity index is 1260. The van der Waals surface area contributed by atoms with Crippen molar-refractivity contribution in [1.82, 2.24) is 34.6 Å². The molecule has 0 unspecified atom stereocenters. The van der Waals surface area contributed by atoms with Gasteiger partial charge in [0, 0.05) is 30.7 Å². The van der Waals surface area contributed by atoms with Crippen molar-refractivity contribution in [2.45, 2.75) is 26.8 Å². The van der Waals surface area contributed by atoms with E-state index >= 15 is 0 Å². The zero-order chi connectivity index (χ0) is 18.4. The van der Waals surface area contributed by atoms with Crippen molar-refractivity contribution in [3.8, 4) is 10.6 Å². The third-order valence-electron chi connectivity index (χ3n) is 4.59. The van der Waals surface area contributed by atoms with Gasteiger partial charge in [0.1, 0.15) is 0 Å². The highest BCUT2D eigenvalue weighted by Crippen LogP contribution is 2.28. The third-order valence-corrected chi connectivity index (χ3v) is 5.52. The largest absolute Gasteiger partial charge is 0.272 e. The summed E-state index contributed by atoms with van der Waals surface area (Å²) in [6.07, 6.45) is 4.52. The van der Waals surface area contributed by atoms with E-state index in [1.807, 2.05) is 40.6 Å². The number of rotatable bonds is 4. The fraction of sp³-hybridized carbons (Fsp3) is 0.211. The molecule has 0 radical (unpaired) electrons. The Morgan fingerprint density at radius 2 is 2.04 bits per heavy atom. The highest BCUT2D eigenvalue weighted by atomic mass is 32.1. The molecule has 0 saturated heterocycles.